The molecule has 0 aliphatic heterocycles. The van der Waals surface area contributed by atoms with Crippen LogP contribution in [-0.4, -0.2) is 25.5 Å². The summed E-state index contributed by atoms with van der Waals surface area (Å²) in [7, 11) is 1.07. The van der Waals surface area contributed by atoms with Crippen LogP contribution in [0.1, 0.15) is 21.7 Å². The maximum absolute atomic E-state index is 12.7. The van der Waals surface area contributed by atoms with E-state index in [0.29, 0.717) is 10.2 Å². The van der Waals surface area contributed by atoms with Crippen LogP contribution in [0, 0.1) is 6.92 Å². The van der Waals surface area contributed by atoms with Gasteiger partial charge in [0.1, 0.15) is 5.02 Å². The lowest BCUT2D eigenvalue weighted by Crippen LogP contribution is -2.13. The van der Waals surface area contributed by atoms with E-state index in [1.165, 1.54) is 12.4 Å². The van der Waals surface area contributed by atoms with E-state index in [1.54, 1.807) is 6.92 Å². The fraction of sp³-hybridized carbons (Fsp3) is 0.300. The molecule has 9 heteroatoms. The van der Waals surface area contributed by atoms with Gasteiger partial charge in [-0.05, 0) is 12.5 Å². The van der Waals surface area contributed by atoms with Crippen molar-refractivity contribution in [3.05, 3.63) is 34.4 Å². The van der Waals surface area contributed by atoms with Crippen molar-refractivity contribution in [3.63, 3.8) is 0 Å². The number of carbonyl (C=O) groups is 1. The van der Waals surface area contributed by atoms with Crippen LogP contribution in [0.15, 0.2) is 12.4 Å². The molecule has 0 atom stereocenters. The Morgan fingerprint density at radius 2 is 2.05 bits per heavy atom. The van der Waals surface area contributed by atoms with Gasteiger partial charge in [0.05, 0.1) is 6.20 Å². The van der Waals surface area contributed by atoms with Gasteiger partial charge in [-0.1, -0.05) is 11.6 Å². The minimum absolute atomic E-state index is 0.486. The first-order valence-corrected chi connectivity index (χ1v) is 5.45. The van der Waals surface area contributed by atoms with Gasteiger partial charge >= 0.3 is 6.18 Å². The largest absolute Gasteiger partial charge is 0.434 e. The highest BCUT2D eigenvalue weighted by atomic mass is 35.5. The Morgan fingerprint density at radius 3 is 2.47 bits per heavy atom. The number of hydrogen-bond acceptors (Lipinski definition) is 3. The quantitative estimate of drug-likeness (QED) is 0.810. The Bertz CT molecular complexity index is 644. The molecule has 19 heavy (non-hydrogen) atoms. The predicted octanol–water partition coefficient (Wildman–Crippen LogP) is 2.29. The summed E-state index contributed by atoms with van der Waals surface area (Å²) in [5, 5.41) is 6.50. The molecule has 0 fully saturated rings. The van der Waals surface area contributed by atoms with Crippen molar-refractivity contribution in [2.24, 2.45) is 7.05 Å². The average molecular weight is 293 g/mol. The summed E-state index contributed by atoms with van der Waals surface area (Å²) < 4.78 is 39.6. The van der Waals surface area contributed by atoms with Gasteiger partial charge in [-0.2, -0.15) is 23.4 Å². The molecule has 0 unspecified atom stereocenters. The number of nitrogens with zero attached hydrogens (tertiary/aromatic N) is 4. The van der Waals surface area contributed by atoms with Crippen LogP contribution >= 0.6 is 11.6 Å². The molecule has 5 nitrogen and oxygen atoms in total. The maximum Gasteiger partial charge on any atom is 0.434 e. The van der Waals surface area contributed by atoms with E-state index in [4.69, 9.17) is 11.6 Å². The zero-order valence-corrected chi connectivity index (χ0v) is 10.6. The number of halogens is 4. The van der Waals surface area contributed by atoms with Gasteiger partial charge in [-0.3, -0.25) is 9.48 Å². The van der Waals surface area contributed by atoms with Gasteiger partial charge in [0.25, 0.3) is 5.91 Å². The lowest BCUT2D eigenvalue weighted by atomic mass is 10.3. The van der Waals surface area contributed by atoms with E-state index < -0.39 is 28.5 Å². The van der Waals surface area contributed by atoms with Gasteiger partial charge in [0.15, 0.2) is 11.4 Å². The topological polar surface area (TPSA) is 52.7 Å². The van der Waals surface area contributed by atoms with Gasteiger partial charge < -0.3 is 0 Å². The minimum atomic E-state index is -4.68. The maximum atomic E-state index is 12.7. The zero-order valence-electron chi connectivity index (χ0n) is 9.86. The summed E-state index contributed by atoms with van der Waals surface area (Å²) in [6, 6.07) is 0. The first-order valence-electron chi connectivity index (χ1n) is 5.07. The Kier molecular flexibility index (Phi) is 3.13. The molecule has 0 aromatic carbocycles. The van der Waals surface area contributed by atoms with E-state index >= 15 is 0 Å². The molecule has 0 bridgehead atoms. The first kappa shape index (κ1) is 13.6. The van der Waals surface area contributed by atoms with Crippen LogP contribution in [0.3, 0.4) is 0 Å². The van der Waals surface area contributed by atoms with E-state index in [9.17, 15) is 18.0 Å². The Balaban J connectivity index is 2.50. The standard InChI is InChI=1S/C10H8ClF3N4O/c1-5-3-15-18(4-5)9(19)7-6(11)8(10(12,13)14)17(2)16-7/h3-4H,1-2H3. The lowest BCUT2D eigenvalue weighted by molar-refractivity contribution is -0.143. The second-order valence-corrected chi connectivity index (χ2v) is 4.28. The van der Waals surface area contributed by atoms with E-state index in [2.05, 4.69) is 10.2 Å². The molecule has 0 saturated heterocycles. The number of rotatable bonds is 1. The molecular formula is C10H8ClF3N4O. The van der Waals surface area contributed by atoms with Gasteiger partial charge in [0, 0.05) is 13.2 Å². The third-order valence-corrected chi connectivity index (χ3v) is 2.74. The fourth-order valence-corrected chi connectivity index (χ4v) is 1.92. The molecule has 0 radical (unpaired) electrons. The van der Waals surface area contributed by atoms with Crippen LogP contribution in [0.25, 0.3) is 0 Å². The zero-order chi connectivity index (χ0) is 14.4. The summed E-state index contributed by atoms with van der Waals surface area (Å²) in [6.07, 6.45) is -1.91. The third-order valence-electron chi connectivity index (χ3n) is 2.38. The smallest absolute Gasteiger partial charge is 0.265 e. The van der Waals surface area contributed by atoms with E-state index in [0.717, 1.165) is 11.7 Å². The Morgan fingerprint density at radius 1 is 1.42 bits per heavy atom. The van der Waals surface area contributed by atoms with Crippen molar-refractivity contribution >= 4 is 17.5 Å². The van der Waals surface area contributed by atoms with Crippen LogP contribution < -0.4 is 0 Å². The SMILES string of the molecule is Cc1cnn(C(=O)c2nn(C)c(C(F)(F)F)c2Cl)c1. The molecule has 0 amide bonds. The minimum Gasteiger partial charge on any atom is -0.265 e. The molecule has 2 heterocycles. The van der Waals surface area contributed by atoms with Gasteiger partial charge in [-0.25, -0.2) is 4.68 Å². The number of aromatic nitrogens is 4. The molecule has 2 aromatic rings. The van der Waals surface area contributed by atoms with Crippen molar-refractivity contribution < 1.29 is 18.0 Å². The Labute approximate surface area is 110 Å². The summed E-state index contributed by atoms with van der Waals surface area (Å²) in [4.78, 5) is 11.9. The Hall–Kier alpha value is -1.83. The van der Waals surface area contributed by atoms with Gasteiger partial charge in [-0.15, -0.1) is 0 Å². The number of hydrogen-bond donors (Lipinski definition) is 0. The molecule has 0 aliphatic rings. The molecule has 0 aliphatic carbocycles. The highest BCUT2D eigenvalue weighted by Crippen LogP contribution is 2.36. The monoisotopic (exact) mass is 292 g/mol. The number of aryl methyl sites for hydroxylation is 2. The first-order chi connectivity index (χ1) is 8.71. The normalized spacial score (nSPS) is 11.9. The molecule has 2 rings (SSSR count). The molecule has 2 aromatic heterocycles. The van der Waals surface area contributed by atoms with Crippen molar-refractivity contribution in [2.75, 3.05) is 0 Å². The average Bonchev–Trinajstić information content (AvgIpc) is 2.81. The fourth-order valence-electron chi connectivity index (χ4n) is 1.58. The lowest BCUT2D eigenvalue weighted by Gasteiger charge is -2.06. The van der Waals surface area contributed by atoms with Crippen molar-refractivity contribution in [3.8, 4) is 0 Å². The van der Waals surface area contributed by atoms with Crippen molar-refractivity contribution in [2.45, 2.75) is 13.1 Å². The predicted molar refractivity (Wildman–Crippen MR) is 59.9 cm³/mol. The highest BCUT2D eigenvalue weighted by molar-refractivity contribution is 6.34. The second kappa shape index (κ2) is 4.37. The van der Waals surface area contributed by atoms with Crippen LogP contribution in [0.2, 0.25) is 5.02 Å². The summed E-state index contributed by atoms with van der Waals surface area (Å²) in [6.45, 7) is 1.69. The molecule has 0 N–H and O–H groups in total. The highest BCUT2D eigenvalue weighted by Gasteiger charge is 2.40. The second-order valence-electron chi connectivity index (χ2n) is 3.90. The van der Waals surface area contributed by atoms with Crippen LogP contribution in [0.5, 0.6) is 0 Å². The molecule has 0 saturated carbocycles. The number of alkyl halides is 3. The van der Waals surface area contributed by atoms with E-state index in [1.807, 2.05) is 0 Å². The summed E-state index contributed by atoms with van der Waals surface area (Å²) in [5.41, 5.74) is -0.961. The van der Waals surface area contributed by atoms with Gasteiger partial charge in [0.2, 0.25) is 0 Å². The van der Waals surface area contributed by atoms with E-state index in [-0.39, 0.29) is 0 Å². The summed E-state index contributed by atoms with van der Waals surface area (Å²) in [5.74, 6) is -0.816. The molecule has 0 spiro atoms. The van der Waals surface area contributed by atoms with Crippen molar-refractivity contribution in [1.82, 2.24) is 19.6 Å². The summed E-state index contributed by atoms with van der Waals surface area (Å²) >= 11 is 5.60. The van der Waals surface area contributed by atoms with Crippen LogP contribution in [0.4, 0.5) is 13.2 Å². The van der Waals surface area contributed by atoms with Crippen molar-refractivity contribution in [1.29, 1.82) is 0 Å². The number of carbonyl (C=O) groups excluding carboxylic acids is 1. The molecular weight excluding hydrogens is 285 g/mol. The third kappa shape index (κ3) is 2.35. The van der Waals surface area contributed by atoms with Crippen LogP contribution in [-0.2, 0) is 13.2 Å². The molecule has 102 valence electrons.